The summed E-state index contributed by atoms with van der Waals surface area (Å²) in [4.78, 5) is 26.6. The molecule has 4 unspecified atom stereocenters. The normalized spacial score (nSPS) is 24.6. The van der Waals surface area contributed by atoms with Crippen molar-refractivity contribution < 1.29 is 33.6 Å². The first kappa shape index (κ1) is 27.1. The van der Waals surface area contributed by atoms with E-state index in [-0.39, 0.29) is 63.0 Å². The molecule has 0 amide bonds. The molecule has 204 valence electrons. The van der Waals surface area contributed by atoms with E-state index in [1.54, 1.807) is 12.1 Å². The number of hydrogen-bond donors (Lipinski definition) is 1. The van der Waals surface area contributed by atoms with Crippen LogP contribution in [-0.4, -0.2) is 24.2 Å². The molecule has 2 bridgehead atoms. The van der Waals surface area contributed by atoms with E-state index in [0.717, 1.165) is 25.7 Å². The van der Waals surface area contributed by atoms with Crippen molar-refractivity contribution in [3.05, 3.63) is 44.9 Å². The zero-order valence-corrected chi connectivity index (χ0v) is 23.4. The van der Waals surface area contributed by atoms with Crippen molar-refractivity contribution in [2.24, 2.45) is 23.2 Å². The second-order valence-electron chi connectivity index (χ2n) is 11.3. The standard InChI is InChI=1S/C29H32Cl2O7/c1-14(2)9-20(32)17-7-8-21-23(26(17)35-4)27(33)36-13-18-24(31)19(30)11-22(25(18)37-21)38-28(34)29(3)12-15-5-6-16(29)10-15/h7-8,11,14-16,20,32H,5-6,9-10,12-13H2,1-4H3. The van der Waals surface area contributed by atoms with Crippen LogP contribution in [0.4, 0.5) is 0 Å². The summed E-state index contributed by atoms with van der Waals surface area (Å²) in [5.41, 5.74) is 0.189. The van der Waals surface area contributed by atoms with E-state index in [9.17, 15) is 14.7 Å². The van der Waals surface area contributed by atoms with Crippen LogP contribution in [0.5, 0.6) is 23.0 Å². The molecule has 2 saturated carbocycles. The van der Waals surface area contributed by atoms with Crippen LogP contribution in [-0.2, 0) is 16.1 Å². The molecule has 38 heavy (non-hydrogen) atoms. The number of benzene rings is 2. The molecule has 4 atom stereocenters. The second-order valence-corrected chi connectivity index (χ2v) is 12.0. The summed E-state index contributed by atoms with van der Waals surface area (Å²) in [6.45, 7) is 5.69. The van der Waals surface area contributed by atoms with Crippen molar-refractivity contribution in [1.82, 2.24) is 0 Å². The van der Waals surface area contributed by atoms with Crippen molar-refractivity contribution >= 4 is 35.1 Å². The number of halogens is 2. The van der Waals surface area contributed by atoms with Crippen LogP contribution in [0, 0.1) is 23.2 Å². The first-order valence-corrected chi connectivity index (χ1v) is 13.8. The predicted molar refractivity (Wildman–Crippen MR) is 142 cm³/mol. The molecule has 0 aromatic heterocycles. The Labute approximate surface area is 232 Å². The number of cyclic esters (lactones) is 1. The van der Waals surface area contributed by atoms with Gasteiger partial charge in [-0.25, -0.2) is 4.79 Å². The molecule has 1 heterocycles. The maximum atomic E-state index is 13.5. The minimum absolute atomic E-state index is 0.0295. The summed E-state index contributed by atoms with van der Waals surface area (Å²) in [7, 11) is 1.42. The quantitative estimate of drug-likeness (QED) is 0.292. The lowest BCUT2D eigenvalue weighted by molar-refractivity contribution is -0.148. The maximum absolute atomic E-state index is 13.5. The number of methoxy groups -OCH3 is 1. The summed E-state index contributed by atoms with van der Waals surface area (Å²) < 4.78 is 23.4. The fourth-order valence-corrected chi connectivity index (χ4v) is 6.67. The Kier molecular flexibility index (Phi) is 7.31. The Morgan fingerprint density at radius 1 is 1.26 bits per heavy atom. The number of carbonyl (C=O) groups is 2. The molecule has 7 nitrogen and oxygen atoms in total. The van der Waals surface area contributed by atoms with Crippen LogP contribution in [0.25, 0.3) is 0 Å². The molecule has 5 rings (SSSR count). The van der Waals surface area contributed by atoms with Crippen LogP contribution in [0.15, 0.2) is 18.2 Å². The summed E-state index contributed by atoms with van der Waals surface area (Å²) in [5, 5.41) is 11.1. The molecule has 9 heteroatoms. The van der Waals surface area contributed by atoms with Gasteiger partial charge in [0.25, 0.3) is 0 Å². The second kappa shape index (κ2) is 10.2. The van der Waals surface area contributed by atoms with Crippen molar-refractivity contribution in [2.75, 3.05) is 7.11 Å². The van der Waals surface area contributed by atoms with Crippen LogP contribution in [0.3, 0.4) is 0 Å². The molecule has 2 aliphatic carbocycles. The zero-order chi connectivity index (χ0) is 27.4. The topological polar surface area (TPSA) is 91.3 Å². The van der Waals surface area contributed by atoms with Gasteiger partial charge in [0.1, 0.15) is 23.7 Å². The third-order valence-electron chi connectivity index (χ3n) is 8.23. The zero-order valence-electron chi connectivity index (χ0n) is 21.9. The van der Waals surface area contributed by atoms with Crippen LogP contribution in [0.2, 0.25) is 10.0 Å². The summed E-state index contributed by atoms with van der Waals surface area (Å²) in [6, 6.07) is 4.68. The molecule has 0 saturated heterocycles. The van der Waals surface area contributed by atoms with Gasteiger partial charge in [0.15, 0.2) is 11.5 Å². The fourth-order valence-electron chi connectivity index (χ4n) is 6.26. The number of esters is 2. The third-order valence-corrected chi connectivity index (χ3v) is 9.05. The minimum atomic E-state index is -0.854. The Bertz CT molecular complexity index is 1290. The smallest absolute Gasteiger partial charge is 0.346 e. The van der Waals surface area contributed by atoms with E-state index in [1.807, 2.05) is 20.8 Å². The molecule has 1 N–H and O–H groups in total. The Morgan fingerprint density at radius 2 is 2.03 bits per heavy atom. The van der Waals surface area contributed by atoms with E-state index >= 15 is 0 Å². The van der Waals surface area contributed by atoms with E-state index in [2.05, 4.69) is 0 Å². The van der Waals surface area contributed by atoms with Crippen LogP contribution in [0.1, 0.15) is 80.5 Å². The summed E-state index contributed by atoms with van der Waals surface area (Å²) in [6.07, 6.45) is 3.61. The molecule has 2 aromatic carbocycles. The molecule has 1 aliphatic heterocycles. The van der Waals surface area contributed by atoms with Crippen molar-refractivity contribution in [3.8, 4) is 23.0 Å². The maximum Gasteiger partial charge on any atom is 0.346 e. The highest BCUT2D eigenvalue weighted by Gasteiger charge is 2.53. The minimum Gasteiger partial charge on any atom is -0.495 e. The predicted octanol–water partition coefficient (Wildman–Crippen LogP) is 7.28. The lowest BCUT2D eigenvalue weighted by Gasteiger charge is -2.32. The van der Waals surface area contributed by atoms with Crippen molar-refractivity contribution in [1.29, 1.82) is 0 Å². The van der Waals surface area contributed by atoms with E-state index in [1.165, 1.54) is 13.2 Å². The van der Waals surface area contributed by atoms with Gasteiger partial charge in [-0.05, 0) is 62.5 Å². The summed E-state index contributed by atoms with van der Waals surface area (Å²) >= 11 is 12.9. The number of ether oxygens (including phenoxy) is 4. The van der Waals surface area contributed by atoms with E-state index in [4.69, 9.17) is 42.1 Å². The van der Waals surface area contributed by atoms with Crippen molar-refractivity contribution in [2.45, 2.75) is 65.6 Å². The number of aliphatic hydroxyl groups is 1. The van der Waals surface area contributed by atoms with Gasteiger partial charge in [-0.1, -0.05) is 43.5 Å². The van der Waals surface area contributed by atoms with Gasteiger partial charge >= 0.3 is 11.9 Å². The Balaban J connectivity index is 1.56. The first-order valence-electron chi connectivity index (χ1n) is 13.0. The largest absolute Gasteiger partial charge is 0.495 e. The van der Waals surface area contributed by atoms with Gasteiger partial charge in [-0.15, -0.1) is 0 Å². The lowest BCUT2D eigenvalue weighted by atomic mass is 9.75. The number of hydrogen-bond acceptors (Lipinski definition) is 7. The van der Waals surface area contributed by atoms with Gasteiger partial charge in [-0.2, -0.15) is 0 Å². The molecule has 0 radical (unpaired) electrons. The van der Waals surface area contributed by atoms with E-state index < -0.39 is 17.5 Å². The highest BCUT2D eigenvalue weighted by atomic mass is 35.5. The highest BCUT2D eigenvalue weighted by molar-refractivity contribution is 6.42. The average molecular weight is 563 g/mol. The van der Waals surface area contributed by atoms with E-state index in [0.29, 0.717) is 23.5 Å². The molecule has 3 aliphatic rings. The van der Waals surface area contributed by atoms with Crippen LogP contribution < -0.4 is 14.2 Å². The number of carbonyl (C=O) groups excluding carboxylic acids is 2. The van der Waals surface area contributed by atoms with Gasteiger partial charge in [-0.3, -0.25) is 4.79 Å². The number of rotatable bonds is 6. The Morgan fingerprint density at radius 3 is 2.66 bits per heavy atom. The summed E-state index contributed by atoms with van der Waals surface area (Å²) in [5.74, 6) is 0.540. The molecule has 2 aromatic rings. The van der Waals surface area contributed by atoms with Crippen molar-refractivity contribution in [3.63, 3.8) is 0 Å². The van der Waals surface area contributed by atoms with Gasteiger partial charge in [0.05, 0.1) is 34.2 Å². The molecule has 2 fully saturated rings. The first-order chi connectivity index (χ1) is 18.0. The fraction of sp³-hybridized carbons (Fsp3) is 0.517. The monoisotopic (exact) mass is 562 g/mol. The average Bonchev–Trinajstić information content (AvgIpc) is 3.46. The molecule has 0 spiro atoms. The van der Waals surface area contributed by atoms with Crippen LogP contribution >= 0.6 is 23.2 Å². The third kappa shape index (κ3) is 4.63. The number of aliphatic hydroxyl groups excluding tert-OH is 1. The van der Waals surface area contributed by atoms with Gasteiger partial charge in [0, 0.05) is 11.6 Å². The lowest BCUT2D eigenvalue weighted by Crippen LogP contribution is -2.37. The molecular weight excluding hydrogens is 531 g/mol. The Hall–Kier alpha value is -2.48. The molecular formula is C29H32Cl2O7. The number of fused-ring (bicyclic) bond motifs is 4. The highest BCUT2D eigenvalue weighted by Crippen LogP contribution is 2.57. The SMILES string of the molecule is COc1c(C(O)CC(C)C)ccc2c1C(=O)OCc1c(Cl)c(Cl)cc(OC(=O)C3(C)CC4CCC3C4)c1O2. The van der Waals surface area contributed by atoms with Gasteiger partial charge in [0.2, 0.25) is 0 Å². The van der Waals surface area contributed by atoms with Gasteiger partial charge < -0.3 is 24.1 Å².